The molecule has 5 N–H and O–H groups in total. The molecule has 2 unspecified atom stereocenters. The van der Waals surface area contributed by atoms with Crippen LogP contribution in [0.25, 0.3) is 0 Å². The summed E-state index contributed by atoms with van der Waals surface area (Å²) in [4.78, 5) is 37.4. The van der Waals surface area contributed by atoms with Gasteiger partial charge < -0.3 is 21.3 Å². The van der Waals surface area contributed by atoms with Crippen LogP contribution in [0.1, 0.15) is 75.8 Å². The minimum absolute atomic E-state index is 0.00658. The molecule has 3 rings (SSSR count). The van der Waals surface area contributed by atoms with Gasteiger partial charge in [0.25, 0.3) is 0 Å². The molecular formula is C28H43N5O3S. The maximum atomic E-state index is 12.4. The summed E-state index contributed by atoms with van der Waals surface area (Å²) < 4.78 is 0. The van der Waals surface area contributed by atoms with Gasteiger partial charge in [-0.2, -0.15) is 0 Å². The standard InChI is InChI=1S/C15H21N5O3S.C11H16.C2H6/c1-9-2-3-12(20(9)13(22)6-18-8-21)15(23)19-5-11-4-10(7-24-11)14(16)17;1-2-3-5-8-11-9-6-4-7-10-11;1-2/h4,7-9,12H,2-3,5-6H2,1H3,(H3,16,17)(H,18,21)(H,19,23);4,6-7,9-10H,2-3,5,8H2,1H3;1-2H3. The molecule has 1 fully saturated rings. The number of nitrogens with one attached hydrogen (secondary N) is 3. The maximum absolute atomic E-state index is 12.4. The molecule has 1 aliphatic heterocycles. The van der Waals surface area contributed by atoms with E-state index in [0.29, 0.717) is 24.9 Å². The van der Waals surface area contributed by atoms with Gasteiger partial charge in [-0.25, -0.2) is 0 Å². The molecule has 9 heteroatoms. The number of nitrogens with two attached hydrogens (primary N) is 1. The van der Waals surface area contributed by atoms with Crippen LogP contribution in [-0.2, 0) is 27.3 Å². The second kappa shape index (κ2) is 18.1. The minimum Gasteiger partial charge on any atom is -0.384 e. The monoisotopic (exact) mass is 529 g/mol. The first-order valence-electron chi connectivity index (χ1n) is 13.1. The number of hydrogen-bond acceptors (Lipinski definition) is 5. The number of nitrogens with zero attached hydrogens (tertiary/aromatic N) is 1. The highest BCUT2D eigenvalue weighted by Crippen LogP contribution is 2.24. The van der Waals surface area contributed by atoms with Gasteiger partial charge in [0.05, 0.1) is 13.1 Å². The number of thiophene rings is 1. The van der Waals surface area contributed by atoms with E-state index in [-0.39, 0.29) is 30.2 Å². The highest BCUT2D eigenvalue weighted by atomic mass is 32.1. The fourth-order valence-corrected chi connectivity index (χ4v) is 4.84. The number of unbranched alkanes of at least 4 members (excludes halogenated alkanes) is 2. The van der Waals surface area contributed by atoms with Crippen molar-refractivity contribution < 1.29 is 14.4 Å². The topological polar surface area (TPSA) is 128 Å². The van der Waals surface area contributed by atoms with E-state index in [9.17, 15) is 14.4 Å². The zero-order valence-corrected chi connectivity index (χ0v) is 23.4. The summed E-state index contributed by atoms with van der Waals surface area (Å²) in [6.45, 7) is 8.36. The van der Waals surface area contributed by atoms with Crippen molar-refractivity contribution in [2.45, 2.75) is 84.8 Å². The Morgan fingerprint density at radius 1 is 1.19 bits per heavy atom. The van der Waals surface area contributed by atoms with Crippen LogP contribution in [-0.4, -0.2) is 47.6 Å². The first-order valence-corrected chi connectivity index (χ1v) is 14.0. The third-order valence-electron chi connectivity index (χ3n) is 5.91. The molecule has 2 heterocycles. The minimum atomic E-state index is -0.520. The van der Waals surface area contributed by atoms with Crippen molar-refractivity contribution in [3.05, 3.63) is 57.8 Å². The molecule has 2 aromatic rings. The molecule has 0 bridgehead atoms. The third kappa shape index (κ3) is 11.2. The van der Waals surface area contributed by atoms with Crippen molar-refractivity contribution in [3.8, 4) is 0 Å². The number of likely N-dealkylation sites (tertiary alicyclic amines) is 1. The smallest absolute Gasteiger partial charge is 0.243 e. The number of aryl methyl sites for hydroxylation is 1. The Morgan fingerprint density at radius 3 is 2.49 bits per heavy atom. The summed E-state index contributed by atoms with van der Waals surface area (Å²) in [5.41, 5.74) is 7.52. The predicted octanol–water partition coefficient (Wildman–Crippen LogP) is 4.22. The lowest BCUT2D eigenvalue weighted by Crippen LogP contribution is -2.50. The summed E-state index contributed by atoms with van der Waals surface area (Å²) in [7, 11) is 0. The number of amidine groups is 1. The van der Waals surface area contributed by atoms with E-state index >= 15 is 0 Å². The normalized spacial score (nSPS) is 15.9. The van der Waals surface area contributed by atoms with Crippen molar-refractivity contribution in [3.63, 3.8) is 0 Å². The van der Waals surface area contributed by atoms with Gasteiger partial charge >= 0.3 is 0 Å². The SMILES string of the molecule is CC.CC1CCC(C(=O)NCc2cc(C(=N)N)cs2)N1C(=O)CNC=O.CCCCCc1ccccc1. The molecule has 8 nitrogen and oxygen atoms in total. The van der Waals surface area contributed by atoms with Gasteiger partial charge in [-0.05, 0) is 44.2 Å². The molecule has 1 aliphatic rings. The van der Waals surface area contributed by atoms with Crippen molar-refractivity contribution >= 4 is 35.4 Å². The number of carbonyl (C=O) groups excluding carboxylic acids is 3. The lowest BCUT2D eigenvalue weighted by molar-refractivity contribution is -0.139. The molecule has 1 aromatic heterocycles. The van der Waals surface area contributed by atoms with Gasteiger partial charge in [-0.1, -0.05) is 63.9 Å². The highest BCUT2D eigenvalue weighted by molar-refractivity contribution is 7.10. The molecule has 37 heavy (non-hydrogen) atoms. The summed E-state index contributed by atoms with van der Waals surface area (Å²) in [5.74, 6) is -0.480. The van der Waals surface area contributed by atoms with Gasteiger partial charge in [0, 0.05) is 21.9 Å². The van der Waals surface area contributed by atoms with Crippen molar-refractivity contribution in [2.75, 3.05) is 6.54 Å². The Labute approximate surface area is 225 Å². The Morgan fingerprint density at radius 2 is 1.89 bits per heavy atom. The predicted molar refractivity (Wildman–Crippen MR) is 152 cm³/mol. The van der Waals surface area contributed by atoms with Crippen LogP contribution >= 0.6 is 11.3 Å². The number of carbonyl (C=O) groups is 3. The molecule has 0 aliphatic carbocycles. The highest BCUT2D eigenvalue weighted by Gasteiger charge is 2.38. The van der Waals surface area contributed by atoms with E-state index < -0.39 is 6.04 Å². The number of benzene rings is 1. The van der Waals surface area contributed by atoms with Crippen molar-refractivity contribution in [1.82, 2.24) is 15.5 Å². The molecule has 2 atom stereocenters. The molecule has 0 saturated carbocycles. The lowest BCUT2D eigenvalue weighted by atomic mass is 10.1. The van der Waals surface area contributed by atoms with Crippen LogP contribution in [0.4, 0.5) is 0 Å². The Kier molecular flexibility index (Phi) is 15.6. The average molecular weight is 530 g/mol. The van der Waals surface area contributed by atoms with Crippen molar-refractivity contribution in [1.29, 1.82) is 5.41 Å². The molecule has 204 valence electrons. The molecule has 0 radical (unpaired) electrons. The van der Waals surface area contributed by atoms with E-state index in [4.69, 9.17) is 11.1 Å². The summed E-state index contributed by atoms with van der Waals surface area (Å²) in [6.07, 6.45) is 7.06. The van der Waals surface area contributed by atoms with Crippen LogP contribution in [0.15, 0.2) is 41.8 Å². The quantitative estimate of drug-likeness (QED) is 0.150. The van der Waals surface area contributed by atoms with Crippen LogP contribution in [0.2, 0.25) is 0 Å². The second-order valence-electron chi connectivity index (χ2n) is 8.62. The fraction of sp³-hybridized carbons (Fsp3) is 0.500. The lowest BCUT2D eigenvalue weighted by Gasteiger charge is -2.27. The van der Waals surface area contributed by atoms with Crippen LogP contribution in [0, 0.1) is 5.41 Å². The number of amides is 3. The van der Waals surface area contributed by atoms with E-state index in [0.717, 1.165) is 11.3 Å². The third-order valence-corrected chi connectivity index (χ3v) is 6.85. The van der Waals surface area contributed by atoms with Crippen LogP contribution in [0.3, 0.4) is 0 Å². The zero-order chi connectivity index (χ0) is 27.6. The summed E-state index contributed by atoms with van der Waals surface area (Å²) in [5, 5.41) is 14.3. The largest absolute Gasteiger partial charge is 0.384 e. The van der Waals surface area contributed by atoms with Gasteiger partial charge in [-0.3, -0.25) is 19.8 Å². The van der Waals surface area contributed by atoms with E-state index in [1.54, 1.807) is 16.3 Å². The van der Waals surface area contributed by atoms with Gasteiger partial charge in [-0.15, -0.1) is 11.3 Å². The van der Waals surface area contributed by atoms with Gasteiger partial charge in [0.15, 0.2) is 0 Å². The molecular weight excluding hydrogens is 486 g/mol. The first kappa shape index (κ1) is 31.8. The summed E-state index contributed by atoms with van der Waals surface area (Å²) in [6, 6.07) is 11.9. The van der Waals surface area contributed by atoms with E-state index in [1.165, 1.54) is 42.6 Å². The molecule has 1 saturated heterocycles. The summed E-state index contributed by atoms with van der Waals surface area (Å²) >= 11 is 1.42. The van der Waals surface area contributed by atoms with Crippen molar-refractivity contribution in [2.24, 2.45) is 5.73 Å². The second-order valence-corrected chi connectivity index (χ2v) is 9.61. The molecule has 0 spiro atoms. The molecule has 3 amide bonds. The Balaban J connectivity index is 0.000000439. The number of rotatable bonds is 11. The van der Waals surface area contributed by atoms with Gasteiger partial charge in [0.2, 0.25) is 18.2 Å². The maximum Gasteiger partial charge on any atom is 0.243 e. The Hall–Kier alpha value is -3.20. The number of hydrogen-bond donors (Lipinski definition) is 4. The van der Waals surface area contributed by atoms with Crippen LogP contribution in [0.5, 0.6) is 0 Å². The van der Waals surface area contributed by atoms with Crippen LogP contribution < -0.4 is 16.4 Å². The zero-order valence-electron chi connectivity index (χ0n) is 22.6. The average Bonchev–Trinajstić information content (AvgIpc) is 3.55. The Bertz CT molecular complexity index is 964. The fourth-order valence-electron chi connectivity index (χ4n) is 4.01. The van der Waals surface area contributed by atoms with Gasteiger partial charge in [0.1, 0.15) is 11.9 Å². The molecule has 1 aromatic carbocycles. The van der Waals surface area contributed by atoms with E-state index in [1.807, 2.05) is 20.8 Å². The number of nitrogen functional groups attached to an aromatic ring is 1. The van der Waals surface area contributed by atoms with E-state index in [2.05, 4.69) is 47.9 Å². The first-order chi connectivity index (χ1) is 17.9.